The minimum Gasteiger partial charge on any atom is -0.444 e. The van der Waals surface area contributed by atoms with Crippen molar-refractivity contribution in [3.8, 4) is 12.5 Å². The fraction of sp³-hybridized carbons (Fsp3) is 0.417. The molecule has 178 valence electrons. The lowest BCUT2D eigenvalue weighted by Crippen LogP contribution is -2.53. The predicted molar refractivity (Wildman–Crippen MR) is 125 cm³/mol. The highest BCUT2D eigenvalue weighted by atomic mass is 16.6. The number of benzene rings is 1. The number of hydrogen-bond acceptors (Lipinski definition) is 5. The number of carbonyl (C=O) groups is 4. The van der Waals surface area contributed by atoms with Gasteiger partial charge < -0.3 is 21.1 Å². The molecule has 0 bridgehead atoms. The molecular formula is C24H32N4O5. The van der Waals surface area contributed by atoms with Crippen LogP contribution in [0.4, 0.5) is 4.79 Å². The van der Waals surface area contributed by atoms with Crippen molar-refractivity contribution < 1.29 is 23.9 Å². The predicted octanol–water partition coefficient (Wildman–Crippen LogP) is 2.08. The Kier molecular flexibility index (Phi) is 9.67. The Morgan fingerprint density at radius 3 is 2.36 bits per heavy atom. The number of ether oxygens (including phenoxy) is 1. The maximum absolute atomic E-state index is 13.4. The van der Waals surface area contributed by atoms with Crippen molar-refractivity contribution in [2.24, 2.45) is 5.73 Å². The number of carbonyl (C=O) groups excluding carboxylic acids is 4. The van der Waals surface area contributed by atoms with Gasteiger partial charge in [0, 0.05) is 12.1 Å². The van der Waals surface area contributed by atoms with Crippen molar-refractivity contribution in [2.45, 2.75) is 64.8 Å². The average Bonchev–Trinajstić information content (AvgIpc) is 2.68. The van der Waals surface area contributed by atoms with Gasteiger partial charge in [-0.2, -0.15) is 0 Å². The molecule has 0 radical (unpaired) electrons. The van der Waals surface area contributed by atoms with E-state index in [4.69, 9.17) is 16.9 Å². The van der Waals surface area contributed by atoms with E-state index in [0.29, 0.717) is 11.1 Å². The molecule has 0 spiro atoms. The first-order valence-corrected chi connectivity index (χ1v) is 10.4. The molecule has 2 unspecified atom stereocenters. The molecule has 4 amide bonds. The Hall–Kier alpha value is -3.80. The van der Waals surface area contributed by atoms with Crippen LogP contribution in [0.2, 0.25) is 0 Å². The molecule has 33 heavy (non-hydrogen) atoms. The molecule has 0 saturated heterocycles. The van der Waals surface area contributed by atoms with Crippen LogP contribution in [0.3, 0.4) is 0 Å². The summed E-state index contributed by atoms with van der Waals surface area (Å²) in [7, 11) is 0. The lowest BCUT2D eigenvalue weighted by molar-refractivity contribution is -0.139. The van der Waals surface area contributed by atoms with E-state index < -0.39 is 47.9 Å². The summed E-state index contributed by atoms with van der Waals surface area (Å²) in [5.41, 5.74) is 5.57. The van der Waals surface area contributed by atoms with E-state index in [2.05, 4.69) is 23.3 Å². The molecule has 2 atom stereocenters. The van der Waals surface area contributed by atoms with Crippen molar-refractivity contribution >= 4 is 29.9 Å². The first-order valence-electron chi connectivity index (χ1n) is 10.4. The molecular weight excluding hydrogens is 424 g/mol. The van der Waals surface area contributed by atoms with Crippen molar-refractivity contribution in [1.29, 1.82) is 0 Å². The maximum Gasteiger partial charge on any atom is 0.408 e. The van der Waals surface area contributed by atoms with Crippen molar-refractivity contribution in [3.05, 3.63) is 42.0 Å². The van der Waals surface area contributed by atoms with Gasteiger partial charge >= 0.3 is 6.09 Å². The molecule has 0 aliphatic rings. The smallest absolute Gasteiger partial charge is 0.408 e. The number of nitrogens with one attached hydrogen (secondary N) is 2. The van der Waals surface area contributed by atoms with E-state index in [0.717, 1.165) is 4.90 Å². The molecule has 1 rings (SSSR count). The van der Waals surface area contributed by atoms with Crippen LogP contribution >= 0.6 is 0 Å². The molecule has 0 saturated carbocycles. The van der Waals surface area contributed by atoms with Crippen LogP contribution in [0, 0.1) is 12.5 Å². The van der Waals surface area contributed by atoms with E-state index in [1.165, 1.54) is 0 Å². The largest absolute Gasteiger partial charge is 0.444 e. The second-order valence-electron chi connectivity index (χ2n) is 8.65. The summed E-state index contributed by atoms with van der Waals surface area (Å²) < 4.78 is 5.17. The first-order chi connectivity index (χ1) is 15.3. The Bertz CT molecular complexity index is 943. The number of primary amides is 1. The molecule has 4 N–H and O–H groups in total. The molecule has 1 aromatic carbocycles. The highest BCUT2D eigenvalue weighted by Gasteiger charge is 2.36. The van der Waals surface area contributed by atoms with Crippen molar-refractivity contribution in [3.63, 3.8) is 0 Å². The molecule has 1 aromatic rings. The van der Waals surface area contributed by atoms with Crippen LogP contribution in [0.15, 0.2) is 30.8 Å². The minimum atomic E-state index is -1.44. The number of nitrogens with zero attached hydrogens (tertiary/aromatic N) is 1. The summed E-state index contributed by atoms with van der Waals surface area (Å²) in [4.78, 5) is 51.2. The Morgan fingerprint density at radius 2 is 1.88 bits per heavy atom. The molecule has 0 heterocycles. The van der Waals surface area contributed by atoms with E-state index in [1.54, 1.807) is 65.0 Å². The molecule has 0 fully saturated rings. The number of amides is 4. The zero-order valence-corrected chi connectivity index (χ0v) is 19.7. The highest BCUT2D eigenvalue weighted by Crippen LogP contribution is 2.24. The maximum atomic E-state index is 13.4. The van der Waals surface area contributed by atoms with Gasteiger partial charge in [0.1, 0.15) is 17.7 Å². The Morgan fingerprint density at radius 1 is 1.24 bits per heavy atom. The molecule has 9 heteroatoms. The Labute approximate surface area is 194 Å². The number of hydrogen-bond donors (Lipinski definition) is 3. The van der Waals surface area contributed by atoms with Gasteiger partial charge in [-0.05, 0) is 51.8 Å². The van der Waals surface area contributed by atoms with Gasteiger partial charge in [0.05, 0.1) is 6.42 Å². The third-order valence-electron chi connectivity index (χ3n) is 4.17. The van der Waals surface area contributed by atoms with Gasteiger partial charge in [0.25, 0.3) is 5.91 Å². The van der Waals surface area contributed by atoms with Crippen molar-refractivity contribution in [2.75, 3.05) is 0 Å². The van der Waals surface area contributed by atoms with Crippen LogP contribution in [0.5, 0.6) is 0 Å². The van der Waals surface area contributed by atoms with Crippen LogP contribution in [-0.2, 0) is 19.1 Å². The van der Waals surface area contributed by atoms with Gasteiger partial charge in [0.2, 0.25) is 11.8 Å². The standard InChI is InChI=1S/C24H32N4O5/c1-8-16-11-10-12-17(13-16)20(21(30)26-15(3)4)28(9-2)22(31)18(14-19(25)29)27-23(32)33-24(5,6)7/h2,8,10-13,15,18,20H,1,14H2,3-7H3,(H2,25,29)(H,26,30)(H,27,32). The summed E-state index contributed by atoms with van der Waals surface area (Å²) in [5, 5.41) is 5.07. The normalized spacial score (nSPS) is 12.6. The zero-order valence-electron chi connectivity index (χ0n) is 19.7. The topological polar surface area (TPSA) is 131 Å². The van der Waals surface area contributed by atoms with E-state index in [9.17, 15) is 19.2 Å². The third-order valence-corrected chi connectivity index (χ3v) is 4.17. The second-order valence-corrected chi connectivity index (χ2v) is 8.65. The SMILES string of the molecule is C#CN(C(=O)C(CC(N)=O)NC(=O)OC(C)(C)C)C(C(=O)NC(C)C)c1cccc(C=C)c1. The van der Waals surface area contributed by atoms with Crippen LogP contribution in [0.25, 0.3) is 6.08 Å². The minimum absolute atomic E-state index is 0.237. The zero-order chi connectivity index (χ0) is 25.3. The quantitative estimate of drug-likeness (QED) is 0.387. The van der Waals surface area contributed by atoms with Crippen LogP contribution in [-0.4, -0.2) is 46.4 Å². The number of terminal acetylenes is 1. The van der Waals surface area contributed by atoms with E-state index in [1.807, 2.05) is 0 Å². The molecule has 0 aliphatic heterocycles. The summed E-state index contributed by atoms with van der Waals surface area (Å²) in [5.74, 6) is -2.25. The van der Waals surface area contributed by atoms with E-state index in [-0.39, 0.29) is 6.04 Å². The van der Waals surface area contributed by atoms with Gasteiger partial charge in [-0.3, -0.25) is 19.3 Å². The molecule has 9 nitrogen and oxygen atoms in total. The number of rotatable bonds is 9. The van der Waals surface area contributed by atoms with Crippen LogP contribution in [0.1, 0.15) is 58.2 Å². The molecule has 0 aliphatic carbocycles. The van der Waals surface area contributed by atoms with Gasteiger partial charge in [-0.25, -0.2) is 4.79 Å². The van der Waals surface area contributed by atoms with Crippen LogP contribution < -0.4 is 16.4 Å². The third kappa shape index (κ3) is 8.69. The lowest BCUT2D eigenvalue weighted by atomic mass is 10.00. The van der Waals surface area contributed by atoms with Gasteiger partial charge in [-0.1, -0.05) is 37.3 Å². The lowest BCUT2D eigenvalue weighted by Gasteiger charge is -2.30. The summed E-state index contributed by atoms with van der Waals surface area (Å²) >= 11 is 0. The van der Waals surface area contributed by atoms with Gasteiger partial charge in [0.15, 0.2) is 0 Å². The fourth-order valence-electron chi connectivity index (χ4n) is 2.92. The molecule has 0 aromatic heterocycles. The fourth-order valence-corrected chi connectivity index (χ4v) is 2.92. The monoisotopic (exact) mass is 456 g/mol. The summed E-state index contributed by atoms with van der Waals surface area (Å²) in [6.45, 7) is 12.2. The first kappa shape index (κ1) is 27.2. The second kappa shape index (κ2) is 11.7. The number of nitrogens with two attached hydrogens (primary N) is 1. The highest BCUT2D eigenvalue weighted by molar-refractivity contribution is 5.95. The van der Waals surface area contributed by atoms with E-state index >= 15 is 0 Å². The van der Waals surface area contributed by atoms with Gasteiger partial charge in [-0.15, -0.1) is 0 Å². The van der Waals surface area contributed by atoms with Crippen molar-refractivity contribution in [1.82, 2.24) is 15.5 Å². The average molecular weight is 457 g/mol. The summed E-state index contributed by atoms with van der Waals surface area (Å²) in [6, 6.07) is 6.08. The summed E-state index contributed by atoms with van der Waals surface area (Å²) in [6.07, 6.45) is 5.76. The Balaban J connectivity index is 3.42. The number of alkyl carbamates (subject to hydrolysis) is 1.